The molecule has 0 aliphatic rings. The number of rotatable bonds is 6. The number of carbonyl (C=O) groups excluding carboxylic acids is 2. The van der Waals surface area contributed by atoms with Crippen LogP contribution in [-0.2, 0) is 16.0 Å². The lowest BCUT2D eigenvalue weighted by atomic mass is 10.3. The van der Waals surface area contributed by atoms with Crippen molar-refractivity contribution in [1.82, 2.24) is 15.0 Å². The second-order valence-corrected chi connectivity index (χ2v) is 5.00. The van der Waals surface area contributed by atoms with Crippen LogP contribution in [0.1, 0.15) is 33.6 Å². The second-order valence-electron chi connectivity index (χ2n) is 4.14. The summed E-state index contributed by atoms with van der Waals surface area (Å²) in [6, 6.07) is 0. The van der Waals surface area contributed by atoms with E-state index < -0.39 is 23.5 Å². The van der Waals surface area contributed by atoms with E-state index in [0.29, 0.717) is 5.69 Å². The lowest BCUT2D eigenvalue weighted by Crippen LogP contribution is -2.19. The molecule has 2 N–H and O–H groups in total. The summed E-state index contributed by atoms with van der Waals surface area (Å²) in [5.41, 5.74) is -0.322. The molecule has 0 unspecified atom stereocenters. The quantitative estimate of drug-likeness (QED) is 0.746. The zero-order chi connectivity index (χ0) is 16.8. The summed E-state index contributed by atoms with van der Waals surface area (Å²) in [5, 5.41) is 13.2. The van der Waals surface area contributed by atoms with Gasteiger partial charge in [-0.15, -0.1) is 11.3 Å². The third kappa shape index (κ3) is 4.30. The molecule has 0 aromatic carbocycles. The van der Waals surface area contributed by atoms with Crippen LogP contribution in [0.2, 0.25) is 0 Å². The monoisotopic (exact) mass is 336 g/mol. The van der Waals surface area contributed by atoms with E-state index in [1.165, 1.54) is 12.4 Å². The maximum Gasteiger partial charge on any atom is 0.356 e. The zero-order valence-corrected chi connectivity index (χ0v) is 12.8. The Balaban J connectivity index is 2.08. The minimum Gasteiger partial charge on any atom is -0.476 e. The average Bonchev–Trinajstić information content (AvgIpc) is 2.94. The van der Waals surface area contributed by atoms with E-state index in [9.17, 15) is 14.4 Å². The van der Waals surface area contributed by atoms with Crippen LogP contribution in [-0.4, -0.2) is 44.5 Å². The van der Waals surface area contributed by atoms with Gasteiger partial charge < -0.3 is 9.84 Å². The Morgan fingerprint density at radius 3 is 2.61 bits per heavy atom. The number of hydrogen-bond donors (Lipinski definition) is 2. The Hall–Kier alpha value is -2.88. The molecule has 9 nitrogen and oxygen atoms in total. The molecule has 23 heavy (non-hydrogen) atoms. The van der Waals surface area contributed by atoms with E-state index in [2.05, 4.69) is 20.3 Å². The molecule has 0 radical (unpaired) electrons. The minimum absolute atomic E-state index is 0.00821. The number of carboxylic acid groups (broad SMARTS) is 1. The van der Waals surface area contributed by atoms with E-state index in [0.717, 1.165) is 11.3 Å². The van der Waals surface area contributed by atoms with Crippen molar-refractivity contribution in [3.05, 3.63) is 34.9 Å². The summed E-state index contributed by atoms with van der Waals surface area (Å²) in [6.45, 7) is 1.97. The first kappa shape index (κ1) is 16.5. The van der Waals surface area contributed by atoms with Gasteiger partial charge in [-0.3, -0.25) is 14.9 Å². The van der Waals surface area contributed by atoms with Crippen molar-refractivity contribution < 1.29 is 24.2 Å². The van der Waals surface area contributed by atoms with Crippen LogP contribution in [0.3, 0.4) is 0 Å². The van der Waals surface area contributed by atoms with Gasteiger partial charge in [-0.1, -0.05) is 0 Å². The average molecular weight is 336 g/mol. The molecule has 0 spiro atoms. The van der Waals surface area contributed by atoms with Crippen molar-refractivity contribution in [2.45, 2.75) is 13.3 Å². The van der Waals surface area contributed by atoms with Gasteiger partial charge in [-0.05, 0) is 6.92 Å². The summed E-state index contributed by atoms with van der Waals surface area (Å²) in [7, 11) is 0. The fourth-order valence-electron chi connectivity index (χ4n) is 1.62. The van der Waals surface area contributed by atoms with Crippen molar-refractivity contribution in [2.24, 2.45) is 0 Å². The van der Waals surface area contributed by atoms with Gasteiger partial charge in [0.05, 0.1) is 18.7 Å². The number of esters is 1. The number of carboxylic acids is 1. The predicted molar refractivity (Wildman–Crippen MR) is 79.4 cm³/mol. The maximum atomic E-state index is 12.1. The van der Waals surface area contributed by atoms with E-state index >= 15 is 0 Å². The van der Waals surface area contributed by atoms with E-state index in [1.54, 1.807) is 12.3 Å². The molecular formula is C13H12N4O5S. The van der Waals surface area contributed by atoms with E-state index in [4.69, 9.17) is 9.84 Å². The SMILES string of the molecule is CCOC(=O)Cc1csc(NC(=O)c2nccnc2C(=O)O)n1. The molecule has 2 aromatic rings. The Labute approximate surface area is 134 Å². The first-order chi connectivity index (χ1) is 11.0. The number of carbonyl (C=O) groups is 3. The van der Waals surface area contributed by atoms with Crippen molar-refractivity contribution in [2.75, 3.05) is 11.9 Å². The zero-order valence-electron chi connectivity index (χ0n) is 12.0. The van der Waals surface area contributed by atoms with Gasteiger partial charge in [0.15, 0.2) is 16.5 Å². The highest BCUT2D eigenvalue weighted by atomic mass is 32.1. The highest BCUT2D eigenvalue weighted by Gasteiger charge is 2.20. The molecule has 0 saturated carbocycles. The summed E-state index contributed by atoms with van der Waals surface area (Å²) in [5.74, 6) is -2.52. The number of amides is 1. The van der Waals surface area contributed by atoms with Crippen LogP contribution in [0.4, 0.5) is 5.13 Å². The molecule has 0 saturated heterocycles. The minimum atomic E-state index is -1.36. The van der Waals surface area contributed by atoms with Gasteiger partial charge in [0.25, 0.3) is 5.91 Å². The molecule has 0 atom stereocenters. The number of aromatic carboxylic acids is 1. The van der Waals surface area contributed by atoms with Crippen molar-refractivity contribution in [3.8, 4) is 0 Å². The van der Waals surface area contributed by atoms with E-state index in [1.807, 2.05) is 0 Å². The van der Waals surface area contributed by atoms with Gasteiger partial charge >= 0.3 is 11.9 Å². The van der Waals surface area contributed by atoms with Crippen molar-refractivity contribution in [1.29, 1.82) is 0 Å². The number of aromatic nitrogens is 3. The lowest BCUT2D eigenvalue weighted by molar-refractivity contribution is -0.142. The Kier molecular flexibility index (Phi) is 5.31. The number of nitrogens with one attached hydrogen (secondary N) is 1. The largest absolute Gasteiger partial charge is 0.476 e. The molecule has 2 aromatic heterocycles. The third-order valence-electron chi connectivity index (χ3n) is 2.52. The standard InChI is InChI=1S/C13H12N4O5S/c1-2-22-8(18)5-7-6-23-13(16-7)17-11(19)9-10(12(20)21)15-4-3-14-9/h3-4,6H,2,5H2,1H3,(H,20,21)(H,16,17,19). The molecule has 120 valence electrons. The molecule has 2 rings (SSSR count). The molecule has 1 amide bonds. The summed E-state index contributed by atoms with van der Waals surface area (Å²) < 4.78 is 4.80. The van der Waals surface area contributed by atoms with Crippen molar-refractivity contribution >= 4 is 34.3 Å². The second kappa shape index (κ2) is 7.40. The van der Waals surface area contributed by atoms with Gasteiger partial charge in [-0.25, -0.2) is 19.7 Å². The third-order valence-corrected chi connectivity index (χ3v) is 3.33. The number of hydrogen-bond acceptors (Lipinski definition) is 8. The fourth-order valence-corrected chi connectivity index (χ4v) is 2.33. The fraction of sp³-hybridized carbons (Fsp3) is 0.231. The summed E-state index contributed by atoms with van der Waals surface area (Å²) >= 11 is 1.10. The predicted octanol–water partition coefficient (Wildman–Crippen LogP) is 0.989. The van der Waals surface area contributed by atoms with Crippen LogP contribution in [0.5, 0.6) is 0 Å². The number of anilines is 1. The lowest BCUT2D eigenvalue weighted by Gasteiger charge is -2.03. The number of nitrogens with zero attached hydrogens (tertiary/aromatic N) is 3. The van der Waals surface area contributed by atoms with Crippen LogP contribution >= 0.6 is 11.3 Å². The molecule has 10 heteroatoms. The maximum absolute atomic E-state index is 12.1. The van der Waals surface area contributed by atoms with Gasteiger partial charge in [0.2, 0.25) is 0 Å². The normalized spacial score (nSPS) is 10.1. The first-order valence-corrected chi connectivity index (χ1v) is 7.35. The van der Waals surface area contributed by atoms with Gasteiger partial charge in [0.1, 0.15) is 0 Å². The van der Waals surface area contributed by atoms with Gasteiger partial charge in [0, 0.05) is 17.8 Å². The smallest absolute Gasteiger partial charge is 0.356 e. The number of ether oxygens (including phenoxy) is 1. The highest BCUT2D eigenvalue weighted by Crippen LogP contribution is 2.17. The summed E-state index contributed by atoms with van der Waals surface area (Å²) in [4.78, 5) is 45.8. The topological polar surface area (TPSA) is 131 Å². The molecule has 0 bridgehead atoms. The Bertz CT molecular complexity index is 745. The van der Waals surface area contributed by atoms with Crippen LogP contribution in [0.15, 0.2) is 17.8 Å². The molecular weight excluding hydrogens is 324 g/mol. The van der Waals surface area contributed by atoms with E-state index in [-0.39, 0.29) is 23.9 Å². The summed E-state index contributed by atoms with van der Waals surface area (Å²) in [6.07, 6.45) is 2.39. The first-order valence-electron chi connectivity index (χ1n) is 6.47. The Morgan fingerprint density at radius 1 is 1.26 bits per heavy atom. The molecule has 2 heterocycles. The van der Waals surface area contributed by atoms with Crippen molar-refractivity contribution in [3.63, 3.8) is 0 Å². The van der Waals surface area contributed by atoms with Gasteiger partial charge in [-0.2, -0.15) is 0 Å². The Morgan fingerprint density at radius 2 is 1.96 bits per heavy atom. The molecule has 0 fully saturated rings. The molecule has 0 aliphatic carbocycles. The van der Waals surface area contributed by atoms with Crippen LogP contribution in [0.25, 0.3) is 0 Å². The highest BCUT2D eigenvalue weighted by molar-refractivity contribution is 7.14. The van der Waals surface area contributed by atoms with Crippen LogP contribution < -0.4 is 5.32 Å². The van der Waals surface area contributed by atoms with Crippen LogP contribution in [0, 0.1) is 0 Å². The molecule has 0 aliphatic heterocycles. The number of thiazole rings is 1.